The van der Waals surface area contributed by atoms with Crippen LogP contribution < -0.4 is 20.5 Å². The van der Waals surface area contributed by atoms with Crippen molar-refractivity contribution in [2.75, 3.05) is 25.6 Å². The molecule has 1 aromatic rings. The number of ether oxygens (including phenoxy) is 2. The Bertz CT molecular complexity index is 394. The summed E-state index contributed by atoms with van der Waals surface area (Å²) in [5.41, 5.74) is 5.98. The molecule has 0 saturated carbocycles. The van der Waals surface area contributed by atoms with Gasteiger partial charge in [-0.25, -0.2) is 0 Å². The van der Waals surface area contributed by atoms with E-state index >= 15 is 0 Å². The molecule has 1 rings (SSSR count). The van der Waals surface area contributed by atoms with Gasteiger partial charge >= 0.3 is 0 Å². The molecule has 0 aliphatic heterocycles. The zero-order chi connectivity index (χ0) is 13.4. The molecule has 0 aliphatic carbocycles. The van der Waals surface area contributed by atoms with E-state index in [0.29, 0.717) is 11.5 Å². The van der Waals surface area contributed by atoms with Gasteiger partial charge in [-0.2, -0.15) is 0 Å². The number of unbranched alkanes of at least 4 members (excludes halogenated alkanes) is 1. The van der Waals surface area contributed by atoms with Crippen molar-refractivity contribution in [3.05, 3.63) is 18.2 Å². The van der Waals surface area contributed by atoms with Crippen molar-refractivity contribution in [1.82, 2.24) is 0 Å². The first kappa shape index (κ1) is 14.2. The molecule has 0 unspecified atom stereocenters. The Hall–Kier alpha value is -1.91. The second-order valence-electron chi connectivity index (χ2n) is 3.90. The fourth-order valence-electron chi connectivity index (χ4n) is 1.46. The van der Waals surface area contributed by atoms with E-state index in [2.05, 4.69) is 12.2 Å². The highest BCUT2D eigenvalue weighted by Crippen LogP contribution is 2.30. The Morgan fingerprint density at radius 2 is 2.17 bits per heavy atom. The van der Waals surface area contributed by atoms with Gasteiger partial charge in [0.1, 0.15) is 0 Å². The minimum Gasteiger partial charge on any atom is -0.493 e. The fourth-order valence-corrected chi connectivity index (χ4v) is 1.46. The molecule has 0 atom stereocenters. The zero-order valence-electron chi connectivity index (χ0n) is 10.9. The molecule has 0 spiro atoms. The lowest BCUT2D eigenvalue weighted by Crippen LogP contribution is -2.20. The highest BCUT2D eigenvalue weighted by atomic mass is 16.5. The molecule has 5 heteroatoms. The molecular formula is C13H20N2O3. The molecule has 1 aromatic carbocycles. The predicted octanol–water partition coefficient (Wildman–Crippen LogP) is 1.77. The lowest BCUT2D eigenvalue weighted by molar-refractivity contribution is -0.119. The van der Waals surface area contributed by atoms with Crippen LogP contribution >= 0.6 is 0 Å². The van der Waals surface area contributed by atoms with Crippen LogP contribution in [-0.2, 0) is 4.79 Å². The predicted molar refractivity (Wildman–Crippen MR) is 71.1 cm³/mol. The van der Waals surface area contributed by atoms with E-state index < -0.39 is 5.91 Å². The van der Waals surface area contributed by atoms with Gasteiger partial charge < -0.3 is 20.5 Å². The van der Waals surface area contributed by atoms with Gasteiger partial charge in [-0.05, 0) is 18.6 Å². The number of methoxy groups -OCH3 is 1. The maximum Gasteiger partial charge on any atom is 0.255 e. The second-order valence-corrected chi connectivity index (χ2v) is 3.90. The van der Waals surface area contributed by atoms with E-state index in [4.69, 9.17) is 15.2 Å². The van der Waals surface area contributed by atoms with Gasteiger partial charge in [-0.1, -0.05) is 13.3 Å². The van der Waals surface area contributed by atoms with Gasteiger partial charge in [-0.3, -0.25) is 4.79 Å². The molecule has 0 aromatic heterocycles. The molecule has 18 heavy (non-hydrogen) atoms. The summed E-state index contributed by atoms with van der Waals surface area (Å²) in [6.07, 6.45) is 2.23. The van der Waals surface area contributed by atoms with Crippen LogP contribution in [0.25, 0.3) is 0 Å². The lowest BCUT2D eigenvalue weighted by Gasteiger charge is -2.12. The van der Waals surface area contributed by atoms with Gasteiger partial charge in [-0.15, -0.1) is 0 Å². The maximum absolute atomic E-state index is 10.7. The van der Waals surface area contributed by atoms with Crippen molar-refractivity contribution < 1.29 is 14.3 Å². The third-order valence-electron chi connectivity index (χ3n) is 2.39. The number of hydrogen-bond acceptors (Lipinski definition) is 4. The SMILES string of the molecule is CCCCNc1ccc(OC)c(OCC(N)=O)c1. The Labute approximate surface area is 107 Å². The summed E-state index contributed by atoms with van der Waals surface area (Å²) in [7, 11) is 1.55. The summed E-state index contributed by atoms with van der Waals surface area (Å²) < 4.78 is 10.5. The highest BCUT2D eigenvalue weighted by molar-refractivity contribution is 5.75. The summed E-state index contributed by atoms with van der Waals surface area (Å²) in [5.74, 6) is 0.580. The summed E-state index contributed by atoms with van der Waals surface area (Å²) in [4.78, 5) is 10.7. The van der Waals surface area contributed by atoms with Gasteiger partial charge in [0.05, 0.1) is 7.11 Å². The Morgan fingerprint density at radius 1 is 1.39 bits per heavy atom. The zero-order valence-corrected chi connectivity index (χ0v) is 10.9. The molecule has 0 fully saturated rings. The van der Waals surface area contributed by atoms with Crippen molar-refractivity contribution in [3.8, 4) is 11.5 Å². The topological polar surface area (TPSA) is 73.6 Å². The van der Waals surface area contributed by atoms with Crippen molar-refractivity contribution >= 4 is 11.6 Å². The number of hydrogen-bond donors (Lipinski definition) is 2. The van der Waals surface area contributed by atoms with Crippen LogP contribution in [0.1, 0.15) is 19.8 Å². The number of carbonyl (C=O) groups is 1. The van der Waals surface area contributed by atoms with E-state index in [0.717, 1.165) is 25.1 Å². The molecular weight excluding hydrogens is 232 g/mol. The standard InChI is InChI=1S/C13H20N2O3/c1-3-4-7-15-10-5-6-11(17-2)12(8-10)18-9-13(14)16/h5-6,8,15H,3-4,7,9H2,1-2H3,(H2,14,16). The van der Waals surface area contributed by atoms with E-state index in [1.54, 1.807) is 19.2 Å². The largest absolute Gasteiger partial charge is 0.493 e. The van der Waals surface area contributed by atoms with Gasteiger partial charge in [0.2, 0.25) is 0 Å². The Morgan fingerprint density at radius 3 is 2.78 bits per heavy atom. The highest BCUT2D eigenvalue weighted by Gasteiger charge is 2.07. The van der Waals surface area contributed by atoms with Crippen LogP contribution in [-0.4, -0.2) is 26.2 Å². The average molecular weight is 252 g/mol. The first-order valence-corrected chi connectivity index (χ1v) is 6.00. The molecule has 0 heterocycles. The number of nitrogens with two attached hydrogens (primary N) is 1. The summed E-state index contributed by atoms with van der Waals surface area (Å²) in [6, 6.07) is 5.51. The molecule has 100 valence electrons. The van der Waals surface area contributed by atoms with Crippen molar-refractivity contribution in [3.63, 3.8) is 0 Å². The van der Waals surface area contributed by atoms with Crippen molar-refractivity contribution in [2.24, 2.45) is 5.73 Å². The number of amides is 1. The average Bonchev–Trinajstić information content (AvgIpc) is 2.37. The quantitative estimate of drug-likeness (QED) is 0.691. The van der Waals surface area contributed by atoms with Crippen LogP contribution in [0.15, 0.2) is 18.2 Å². The normalized spacial score (nSPS) is 9.89. The first-order valence-electron chi connectivity index (χ1n) is 6.00. The van der Waals surface area contributed by atoms with Crippen molar-refractivity contribution in [1.29, 1.82) is 0 Å². The van der Waals surface area contributed by atoms with Crippen molar-refractivity contribution in [2.45, 2.75) is 19.8 Å². The monoisotopic (exact) mass is 252 g/mol. The smallest absolute Gasteiger partial charge is 0.255 e. The lowest BCUT2D eigenvalue weighted by atomic mass is 10.2. The Kier molecular flexibility index (Phi) is 5.84. The molecule has 1 amide bonds. The van der Waals surface area contributed by atoms with Crippen LogP contribution in [0.5, 0.6) is 11.5 Å². The third-order valence-corrected chi connectivity index (χ3v) is 2.39. The van der Waals surface area contributed by atoms with E-state index in [1.165, 1.54) is 0 Å². The van der Waals surface area contributed by atoms with E-state index in [1.807, 2.05) is 6.07 Å². The number of nitrogens with one attached hydrogen (secondary N) is 1. The van der Waals surface area contributed by atoms with Crippen LogP contribution in [0, 0.1) is 0 Å². The number of rotatable bonds is 8. The second kappa shape index (κ2) is 7.42. The molecule has 0 radical (unpaired) electrons. The number of carbonyl (C=O) groups excluding carboxylic acids is 1. The number of anilines is 1. The molecule has 0 saturated heterocycles. The van der Waals surface area contributed by atoms with Gasteiger partial charge in [0, 0.05) is 18.3 Å². The van der Waals surface area contributed by atoms with Crippen LogP contribution in [0.2, 0.25) is 0 Å². The summed E-state index contributed by atoms with van der Waals surface area (Å²) in [6.45, 7) is 2.88. The third kappa shape index (κ3) is 4.53. The van der Waals surface area contributed by atoms with Crippen LogP contribution in [0.4, 0.5) is 5.69 Å². The van der Waals surface area contributed by atoms with Gasteiger partial charge in [0.25, 0.3) is 5.91 Å². The Balaban J connectivity index is 2.71. The molecule has 0 aliphatic rings. The fraction of sp³-hybridized carbons (Fsp3) is 0.462. The van der Waals surface area contributed by atoms with Gasteiger partial charge in [0.15, 0.2) is 18.1 Å². The first-order chi connectivity index (χ1) is 8.67. The molecule has 0 bridgehead atoms. The summed E-state index contributed by atoms with van der Waals surface area (Å²) in [5, 5.41) is 3.27. The summed E-state index contributed by atoms with van der Waals surface area (Å²) >= 11 is 0. The number of primary amides is 1. The van der Waals surface area contributed by atoms with E-state index in [9.17, 15) is 4.79 Å². The maximum atomic E-state index is 10.7. The van der Waals surface area contributed by atoms with Crippen LogP contribution in [0.3, 0.4) is 0 Å². The molecule has 3 N–H and O–H groups in total. The van der Waals surface area contributed by atoms with E-state index in [-0.39, 0.29) is 6.61 Å². The molecule has 5 nitrogen and oxygen atoms in total. The number of benzene rings is 1. The minimum absolute atomic E-state index is 0.158. The minimum atomic E-state index is -0.513.